The second-order valence-electron chi connectivity index (χ2n) is 6.72. The molecular weight excluding hydrogens is 415 g/mol. The molecule has 3 aromatic rings. The van der Waals surface area contributed by atoms with Crippen molar-refractivity contribution in [2.45, 2.75) is 19.1 Å². The van der Waals surface area contributed by atoms with Gasteiger partial charge in [0.25, 0.3) is 17.9 Å². The molecule has 0 aliphatic heterocycles. The van der Waals surface area contributed by atoms with Crippen molar-refractivity contribution in [3.8, 4) is 22.4 Å². The van der Waals surface area contributed by atoms with Crippen molar-refractivity contribution in [3.63, 3.8) is 0 Å². The number of aliphatic hydroxyl groups excluding tert-OH is 2. The Hall–Kier alpha value is -3.50. The number of benzene rings is 2. The minimum atomic E-state index is -2.93. The Kier molecular flexibility index (Phi) is 6.52. The Balaban J connectivity index is 2.20. The smallest absolute Gasteiger partial charge is 0.277 e. The van der Waals surface area contributed by atoms with Crippen LogP contribution in [0.25, 0.3) is 22.4 Å². The molecule has 3 rings (SSSR count). The second-order valence-corrected chi connectivity index (χ2v) is 6.72. The SMILES string of the molecule is NC(=O)c1cn(CC(O)CO)c(=O)c(-c2cccc(-c3c(F)cccc3C(F)F)c2)n1. The van der Waals surface area contributed by atoms with E-state index in [1.807, 2.05) is 0 Å². The normalized spacial score (nSPS) is 12.2. The molecule has 1 atom stereocenters. The molecule has 1 unspecified atom stereocenters. The van der Waals surface area contributed by atoms with Gasteiger partial charge in [0.15, 0.2) is 0 Å². The first kappa shape index (κ1) is 22.2. The van der Waals surface area contributed by atoms with E-state index in [0.29, 0.717) is 0 Å². The molecule has 1 aromatic heterocycles. The summed E-state index contributed by atoms with van der Waals surface area (Å²) in [5, 5.41) is 18.7. The topological polar surface area (TPSA) is 118 Å². The molecule has 0 aliphatic carbocycles. The zero-order chi connectivity index (χ0) is 22.7. The Labute approximate surface area is 174 Å². The van der Waals surface area contributed by atoms with Crippen LogP contribution in [-0.4, -0.2) is 38.4 Å². The predicted molar refractivity (Wildman–Crippen MR) is 106 cm³/mol. The molecule has 0 spiro atoms. The Morgan fingerprint density at radius 2 is 1.84 bits per heavy atom. The lowest BCUT2D eigenvalue weighted by molar-refractivity contribution is 0.0801. The summed E-state index contributed by atoms with van der Waals surface area (Å²) in [5.41, 5.74) is 3.39. The van der Waals surface area contributed by atoms with Crippen LogP contribution in [0.5, 0.6) is 0 Å². The summed E-state index contributed by atoms with van der Waals surface area (Å²) in [6, 6.07) is 8.89. The standard InChI is InChI=1S/C21H18F3N3O4/c22-15-6-2-5-14(19(23)24)17(15)11-3-1-4-12(7-11)18-21(31)27(8-13(29)10-28)9-16(26-18)20(25)30/h1-7,9,13,19,28-29H,8,10H2,(H2,25,30). The maximum Gasteiger partial charge on any atom is 0.277 e. The number of nitrogens with zero attached hydrogens (tertiary/aromatic N) is 2. The van der Waals surface area contributed by atoms with E-state index < -0.39 is 42.0 Å². The Bertz CT molecular complexity index is 1180. The zero-order valence-electron chi connectivity index (χ0n) is 16.0. The number of alkyl halides is 2. The van der Waals surface area contributed by atoms with E-state index in [1.54, 1.807) is 0 Å². The highest BCUT2D eigenvalue weighted by atomic mass is 19.3. The summed E-state index contributed by atoms with van der Waals surface area (Å²) in [7, 11) is 0. The molecule has 0 aliphatic rings. The highest BCUT2D eigenvalue weighted by Gasteiger charge is 2.20. The first-order valence-corrected chi connectivity index (χ1v) is 9.10. The molecule has 1 heterocycles. The van der Waals surface area contributed by atoms with E-state index in [-0.39, 0.29) is 34.6 Å². The largest absolute Gasteiger partial charge is 0.394 e. The zero-order valence-corrected chi connectivity index (χ0v) is 16.0. The quantitative estimate of drug-likeness (QED) is 0.527. The minimum Gasteiger partial charge on any atom is -0.394 e. The number of rotatable bonds is 7. The van der Waals surface area contributed by atoms with Crippen LogP contribution in [0.3, 0.4) is 0 Å². The van der Waals surface area contributed by atoms with Crippen LogP contribution in [0.1, 0.15) is 22.5 Å². The number of amides is 1. The molecule has 0 radical (unpaired) electrons. The van der Waals surface area contributed by atoms with E-state index >= 15 is 0 Å². The van der Waals surface area contributed by atoms with Crippen LogP contribution in [-0.2, 0) is 6.54 Å². The van der Waals surface area contributed by atoms with E-state index in [4.69, 9.17) is 10.8 Å². The van der Waals surface area contributed by atoms with Crippen LogP contribution in [0.2, 0.25) is 0 Å². The van der Waals surface area contributed by atoms with Crippen molar-refractivity contribution in [1.29, 1.82) is 0 Å². The number of nitrogens with two attached hydrogens (primary N) is 1. The molecule has 1 amide bonds. The van der Waals surface area contributed by atoms with Crippen LogP contribution in [0, 0.1) is 5.82 Å². The van der Waals surface area contributed by atoms with E-state index in [1.165, 1.54) is 30.3 Å². The number of primary amides is 1. The van der Waals surface area contributed by atoms with Crippen molar-refractivity contribution in [3.05, 3.63) is 76.1 Å². The van der Waals surface area contributed by atoms with Gasteiger partial charge < -0.3 is 20.5 Å². The molecule has 10 heteroatoms. The number of aromatic nitrogens is 2. The molecule has 7 nitrogen and oxygen atoms in total. The monoisotopic (exact) mass is 433 g/mol. The number of carbonyl (C=O) groups excluding carboxylic acids is 1. The first-order valence-electron chi connectivity index (χ1n) is 9.10. The highest BCUT2D eigenvalue weighted by Crippen LogP contribution is 2.34. The van der Waals surface area contributed by atoms with Gasteiger partial charge in [0, 0.05) is 22.9 Å². The highest BCUT2D eigenvalue weighted by molar-refractivity contribution is 5.91. The van der Waals surface area contributed by atoms with Crippen LogP contribution < -0.4 is 11.3 Å². The fourth-order valence-electron chi connectivity index (χ4n) is 3.12. The molecule has 4 N–H and O–H groups in total. The third-order valence-electron chi connectivity index (χ3n) is 4.55. The van der Waals surface area contributed by atoms with Crippen molar-refractivity contribution in [2.75, 3.05) is 6.61 Å². The summed E-state index contributed by atoms with van der Waals surface area (Å²) < 4.78 is 42.2. The van der Waals surface area contributed by atoms with Gasteiger partial charge in [0.05, 0.1) is 19.3 Å². The summed E-state index contributed by atoms with van der Waals surface area (Å²) >= 11 is 0. The Morgan fingerprint density at radius 1 is 1.16 bits per heavy atom. The van der Waals surface area contributed by atoms with Gasteiger partial charge in [-0.3, -0.25) is 9.59 Å². The average molecular weight is 433 g/mol. The van der Waals surface area contributed by atoms with Crippen LogP contribution in [0.15, 0.2) is 53.5 Å². The minimum absolute atomic E-state index is 0.0820. The molecule has 2 aromatic carbocycles. The maximum atomic E-state index is 14.4. The van der Waals surface area contributed by atoms with Crippen molar-refractivity contribution >= 4 is 5.91 Å². The summed E-state index contributed by atoms with van der Waals surface area (Å²) in [6.45, 7) is -0.969. The number of halogens is 3. The molecule has 0 saturated carbocycles. The van der Waals surface area contributed by atoms with E-state index in [2.05, 4.69) is 4.98 Å². The van der Waals surface area contributed by atoms with Crippen molar-refractivity contribution in [2.24, 2.45) is 5.73 Å². The van der Waals surface area contributed by atoms with Gasteiger partial charge in [-0.2, -0.15) is 0 Å². The van der Waals surface area contributed by atoms with E-state index in [0.717, 1.165) is 22.9 Å². The van der Waals surface area contributed by atoms with Gasteiger partial charge in [-0.05, 0) is 17.7 Å². The lowest BCUT2D eigenvalue weighted by Gasteiger charge is -2.14. The predicted octanol–water partition coefficient (Wildman–Crippen LogP) is 2.11. The molecule has 0 bridgehead atoms. The fourth-order valence-corrected chi connectivity index (χ4v) is 3.12. The molecule has 162 valence electrons. The number of aliphatic hydroxyl groups is 2. The Morgan fingerprint density at radius 3 is 2.48 bits per heavy atom. The summed E-state index contributed by atoms with van der Waals surface area (Å²) in [6.07, 6.45) is -3.17. The average Bonchev–Trinajstić information content (AvgIpc) is 2.74. The first-order chi connectivity index (χ1) is 14.7. The third-order valence-corrected chi connectivity index (χ3v) is 4.55. The lowest BCUT2D eigenvalue weighted by Crippen LogP contribution is -2.32. The molecule has 31 heavy (non-hydrogen) atoms. The summed E-state index contributed by atoms with van der Waals surface area (Å²) in [5.74, 6) is -1.81. The van der Waals surface area contributed by atoms with Crippen molar-refractivity contribution in [1.82, 2.24) is 9.55 Å². The molecular formula is C21H18F3N3O4. The second kappa shape index (κ2) is 9.11. The number of carbonyl (C=O) groups is 1. The van der Waals surface area contributed by atoms with Gasteiger partial charge in [0.2, 0.25) is 0 Å². The number of hydrogen-bond acceptors (Lipinski definition) is 5. The molecule has 0 fully saturated rings. The maximum absolute atomic E-state index is 14.4. The lowest BCUT2D eigenvalue weighted by atomic mass is 9.97. The number of hydrogen-bond donors (Lipinski definition) is 3. The fraction of sp³-hybridized carbons (Fsp3) is 0.190. The van der Waals surface area contributed by atoms with Gasteiger partial charge >= 0.3 is 0 Å². The molecule has 0 saturated heterocycles. The van der Waals surface area contributed by atoms with Crippen molar-refractivity contribution < 1.29 is 28.2 Å². The van der Waals surface area contributed by atoms with Gasteiger partial charge in [0.1, 0.15) is 17.2 Å². The van der Waals surface area contributed by atoms with E-state index in [9.17, 15) is 27.9 Å². The van der Waals surface area contributed by atoms with Crippen LogP contribution >= 0.6 is 0 Å². The third kappa shape index (κ3) is 4.65. The van der Waals surface area contributed by atoms with Crippen LogP contribution in [0.4, 0.5) is 13.2 Å². The van der Waals surface area contributed by atoms with Gasteiger partial charge in [-0.1, -0.05) is 30.3 Å². The van der Waals surface area contributed by atoms with Gasteiger partial charge in [-0.25, -0.2) is 18.2 Å². The van der Waals surface area contributed by atoms with Gasteiger partial charge in [-0.15, -0.1) is 0 Å². The summed E-state index contributed by atoms with van der Waals surface area (Å²) in [4.78, 5) is 28.5.